The lowest BCUT2D eigenvalue weighted by atomic mass is 10.1. The first-order valence-corrected chi connectivity index (χ1v) is 7.75. The molecule has 3 rings (SSSR count). The monoisotopic (exact) mass is 288 g/mol. The predicted octanol–water partition coefficient (Wildman–Crippen LogP) is 3.91. The van der Waals surface area contributed by atoms with Gasteiger partial charge in [-0.1, -0.05) is 30.0 Å². The Morgan fingerprint density at radius 2 is 2.26 bits per heavy atom. The van der Waals surface area contributed by atoms with Gasteiger partial charge >= 0.3 is 0 Å². The number of para-hydroxylation sites is 1. The van der Waals surface area contributed by atoms with E-state index < -0.39 is 0 Å². The number of aromatic nitrogens is 2. The van der Waals surface area contributed by atoms with E-state index in [2.05, 4.69) is 9.97 Å². The fourth-order valence-electron chi connectivity index (χ4n) is 2.12. The lowest BCUT2D eigenvalue weighted by Gasteiger charge is -1.99. The predicted molar refractivity (Wildman–Crippen MR) is 80.2 cm³/mol. The summed E-state index contributed by atoms with van der Waals surface area (Å²) >= 11 is 3.06. The van der Waals surface area contributed by atoms with Crippen LogP contribution >= 0.6 is 23.1 Å². The number of carbonyl (C=O) groups excluding carboxylic acids is 1. The van der Waals surface area contributed by atoms with Crippen molar-refractivity contribution >= 4 is 39.8 Å². The zero-order valence-electron chi connectivity index (χ0n) is 10.3. The fourth-order valence-corrected chi connectivity index (χ4v) is 3.63. The molecule has 2 heterocycles. The summed E-state index contributed by atoms with van der Waals surface area (Å²) in [6, 6.07) is 7.91. The maximum atomic E-state index is 12.4. The van der Waals surface area contributed by atoms with Crippen molar-refractivity contribution in [2.45, 2.75) is 11.3 Å². The number of carbonyl (C=O) groups is 1. The molecule has 1 N–H and O–H groups in total. The number of thiazole rings is 1. The van der Waals surface area contributed by atoms with Crippen LogP contribution in [0.1, 0.15) is 16.1 Å². The molecular weight excluding hydrogens is 276 g/mol. The van der Waals surface area contributed by atoms with Gasteiger partial charge in [0.2, 0.25) is 0 Å². The molecule has 0 atom stereocenters. The van der Waals surface area contributed by atoms with Gasteiger partial charge in [0.05, 0.1) is 5.75 Å². The van der Waals surface area contributed by atoms with Crippen LogP contribution < -0.4 is 0 Å². The highest BCUT2D eigenvalue weighted by molar-refractivity contribution is 8.01. The Balaban J connectivity index is 1.87. The number of nitrogens with zero attached hydrogens (tertiary/aromatic N) is 1. The van der Waals surface area contributed by atoms with Gasteiger partial charge in [-0.05, 0) is 13.0 Å². The summed E-state index contributed by atoms with van der Waals surface area (Å²) in [5, 5.41) is 2.92. The second kappa shape index (κ2) is 5.19. The summed E-state index contributed by atoms with van der Waals surface area (Å²) < 4.78 is 0.936. The number of aromatic amines is 1. The standard InChI is InChI=1S/C14H12N2OS2/c1-9-13(10-4-2-3-5-11(10)16-9)12(17)8-19-14-15-6-7-18-14/h2-7,16H,8H2,1H3. The molecule has 0 fully saturated rings. The summed E-state index contributed by atoms with van der Waals surface area (Å²) in [4.78, 5) is 19.8. The van der Waals surface area contributed by atoms with E-state index in [-0.39, 0.29) is 5.78 Å². The quantitative estimate of drug-likeness (QED) is 0.585. The zero-order chi connectivity index (χ0) is 13.2. The van der Waals surface area contributed by atoms with Crippen LogP contribution in [0.4, 0.5) is 0 Å². The van der Waals surface area contributed by atoms with E-state index in [0.717, 1.165) is 26.5 Å². The van der Waals surface area contributed by atoms with Crippen LogP contribution in [-0.4, -0.2) is 21.5 Å². The molecular formula is C14H12N2OS2. The van der Waals surface area contributed by atoms with Gasteiger partial charge in [-0.15, -0.1) is 11.3 Å². The first-order valence-electron chi connectivity index (χ1n) is 5.88. The number of benzene rings is 1. The van der Waals surface area contributed by atoms with Gasteiger partial charge in [-0.3, -0.25) is 4.79 Å². The summed E-state index contributed by atoms with van der Waals surface area (Å²) in [5.74, 6) is 0.575. The Morgan fingerprint density at radius 3 is 3.05 bits per heavy atom. The summed E-state index contributed by atoms with van der Waals surface area (Å²) in [6.07, 6.45) is 1.76. The van der Waals surface area contributed by atoms with Crippen molar-refractivity contribution < 1.29 is 4.79 Å². The highest BCUT2D eigenvalue weighted by atomic mass is 32.2. The SMILES string of the molecule is Cc1[nH]c2ccccc2c1C(=O)CSc1nccs1. The van der Waals surface area contributed by atoms with E-state index >= 15 is 0 Å². The molecule has 0 bridgehead atoms. The summed E-state index contributed by atoms with van der Waals surface area (Å²) in [5.41, 5.74) is 2.76. The number of thioether (sulfide) groups is 1. The largest absolute Gasteiger partial charge is 0.358 e. The van der Waals surface area contributed by atoms with Gasteiger partial charge in [0.1, 0.15) is 4.34 Å². The third-order valence-corrected chi connectivity index (χ3v) is 4.87. The molecule has 19 heavy (non-hydrogen) atoms. The van der Waals surface area contributed by atoms with Crippen molar-refractivity contribution in [2.75, 3.05) is 5.75 Å². The molecule has 0 aliphatic heterocycles. The van der Waals surface area contributed by atoms with Gasteiger partial charge in [0, 0.05) is 33.7 Å². The molecule has 0 radical (unpaired) electrons. The van der Waals surface area contributed by atoms with Gasteiger partial charge in [0.15, 0.2) is 5.78 Å². The minimum Gasteiger partial charge on any atom is -0.358 e. The van der Waals surface area contributed by atoms with Crippen LogP contribution in [0, 0.1) is 6.92 Å². The lowest BCUT2D eigenvalue weighted by Crippen LogP contribution is -2.03. The normalized spacial score (nSPS) is 11.0. The molecule has 1 aromatic carbocycles. The number of ketones is 1. The Bertz CT molecular complexity index is 716. The van der Waals surface area contributed by atoms with Crippen molar-refractivity contribution in [1.82, 2.24) is 9.97 Å². The van der Waals surface area contributed by atoms with E-state index in [4.69, 9.17) is 0 Å². The molecule has 5 heteroatoms. The molecule has 0 aliphatic rings. The first-order chi connectivity index (χ1) is 9.25. The van der Waals surface area contributed by atoms with E-state index in [9.17, 15) is 4.79 Å². The Morgan fingerprint density at radius 1 is 1.42 bits per heavy atom. The van der Waals surface area contributed by atoms with Crippen LogP contribution in [0.2, 0.25) is 0 Å². The second-order valence-electron chi connectivity index (χ2n) is 4.18. The van der Waals surface area contributed by atoms with E-state index in [1.165, 1.54) is 11.8 Å². The number of hydrogen-bond acceptors (Lipinski definition) is 4. The van der Waals surface area contributed by atoms with E-state index in [1.54, 1.807) is 17.5 Å². The van der Waals surface area contributed by atoms with Crippen LogP contribution in [-0.2, 0) is 0 Å². The Labute approximate surface area is 119 Å². The molecule has 0 unspecified atom stereocenters. The molecule has 0 amide bonds. The van der Waals surface area contributed by atoms with Crippen molar-refractivity contribution in [3.05, 3.63) is 47.1 Å². The first kappa shape index (κ1) is 12.4. The molecule has 0 spiro atoms. The Hall–Kier alpha value is -1.59. The zero-order valence-corrected chi connectivity index (χ0v) is 12.0. The minimum absolute atomic E-state index is 0.148. The lowest BCUT2D eigenvalue weighted by molar-refractivity contribution is 0.102. The maximum absolute atomic E-state index is 12.4. The van der Waals surface area contributed by atoms with Gasteiger partial charge in [-0.2, -0.15) is 0 Å². The number of rotatable bonds is 4. The van der Waals surface area contributed by atoms with Gasteiger partial charge in [0.25, 0.3) is 0 Å². The van der Waals surface area contributed by atoms with Crippen molar-refractivity contribution in [1.29, 1.82) is 0 Å². The third kappa shape index (κ3) is 2.43. The van der Waals surface area contributed by atoms with Crippen LogP contribution in [0.5, 0.6) is 0 Å². The van der Waals surface area contributed by atoms with Crippen molar-refractivity contribution in [2.24, 2.45) is 0 Å². The molecule has 0 aliphatic carbocycles. The van der Waals surface area contributed by atoms with E-state index in [0.29, 0.717) is 5.75 Å². The van der Waals surface area contributed by atoms with E-state index in [1.807, 2.05) is 36.6 Å². The number of fused-ring (bicyclic) bond motifs is 1. The topological polar surface area (TPSA) is 45.8 Å². The molecule has 0 saturated heterocycles. The van der Waals surface area contributed by atoms with Crippen LogP contribution in [0.15, 0.2) is 40.2 Å². The number of hydrogen-bond donors (Lipinski definition) is 1. The number of nitrogens with one attached hydrogen (secondary N) is 1. The van der Waals surface area contributed by atoms with Crippen LogP contribution in [0.25, 0.3) is 10.9 Å². The van der Waals surface area contributed by atoms with Gasteiger partial charge in [-0.25, -0.2) is 4.98 Å². The van der Waals surface area contributed by atoms with Crippen molar-refractivity contribution in [3.63, 3.8) is 0 Å². The number of aryl methyl sites for hydroxylation is 1. The smallest absolute Gasteiger partial charge is 0.175 e. The molecule has 3 aromatic rings. The highest BCUT2D eigenvalue weighted by Crippen LogP contribution is 2.26. The second-order valence-corrected chi connectivity index (χ2v) is 6.30. The molecule has 0 saturated carbocycles. The maximum Gasteiger partial charge on any atom is 0.175 e. The van der Waals surface area contributed by atoms with Gasteiger partial charge < -0.3 is 4.98 Å². The third-order valence-electron chi connectivity index (χ3n) is 2.91. The number of H-pyrrole nitrogens is 1. The Kier molecular flexibility index (Phi) is 3.40. The molecule has 96 valence electrons. The summed E-state index contributed by atoms with van der Waals surface area (Å²) in [7, 11) is 0. The molecule has 3 nitrogen and oxygen atoms in total. The highest BCUT2D eigenvalue weighted by Gasteiger charge is 2.16. The number of Topliss-reactive ketones (excluding diaryl/α,β-unsaturated/α-hetero) is 1. The molecule has 2 aromatic heterocycles. The average Bonchev–Trinajstić information content (AvgIpc) is 3.02. The minimum atomic E-state index is 0.148. The van der Waals surface area contributed by atoms with Crippen LogP contribution in [0.3, 0.4) is 0 Å². The average molecular weight is 288 g/mol. The fraction of sp³-hybridized carbons (Fsp3) is 0.143. The van der Waals surface area contributed by atoms with Crippen molar-refractivity contribution in [3.8, 4) is 0 Å². The summed E-state index contributed by atoms with van der Waals surface area (Å²) in [6.45, 7) is 1.95.